The van der Waals surface area contributed by atoms with Gasteiger partial charge in [-0.15, -0.1) is 11.8 Å². The van der Waals surface area contributed by atoms with E-state index in [0.29, 0.717) is 0 Å². The minimum Gasteiger partial charge on any atom is -0.481 e. The predicted molar refractivity (Wildman–Crippen MR) is 171 cm³/mol. The number of allylic oxidation sites excluding steroid dienone is 4. The highest BCUT2D eigenvalue weighted by Crippen LogP contribution is 2.07. The molecular formula is C36H60O4. The average Bonchev–Trinajstić information content (AvgIpc) is 2.93. The molecule has 0 aromatic rings. The Hall–Kier alpha value is -2.46. The molecule has 2 N–H and O–H groups in total. The number of carbonyl (C=O) groups is 2. The number of carboxylic acid groups (broad SMARTS) is 2. The Morgan fingerprint density at radius 1 is 0.475 bits per heavy atom. The number of aliphatic carboxylic acids is 2. The largest absolute Gasteiger partial charge is 0.481 e. The van der Waals surface area contributed by atoms with Crippen molar-refractivity contribution in [1.29, 1.82) is 0 Å². The lowest BCUT2D eigenvalue weighted by molar-refractivity contribution is -0.138. The van der Waals surface area contributed by atoms with E-state index in [0.717, 1.165) is 64.2 Å². The minimum atomic E-state index is -0.699. The maximum Gasteiger partial charge on any atom is 0.303 e. The Morgan fingerprint density at radius 2 is 0.850 bits per heavy atom. The lowest BCUT2D eigenvalue weighted by atomic mass is 10.1. The third kappa shape index (κ3) is 42.6. The van der Waals surface area contributed by atoms with Gasteiger partial charge in [-0.2, -0.15) is 0 Å². The van der Waals surface area contributed by atoms with E-state index in [1.807, 2.05) is 0 Å². The summed E-state index contributed by atoms with van der Waals surface area (Å²) in [5.74, 6) is 11.4. The van der Waals surface area contributed by atoms with Gasteiger partial charge in [0, 0.05) is 38.5 Å². The maximum absolute atomic E-state index is 10.3. The van der Waals surface area contributed by atoms with Gasteiger partial charge in [-0.05, 0) is 51.4 Å². The van der Waals surface area contributed by atoms with E-state index in [-0.39, 0.29) is 12.8 Å². The predicted octanol–water partition coefficient (Wildman–Crippen LogP) is 10.7. The summed E-state index contributed by atoms with van der Waals surface area (Å²) >= 11 is 0. The molecule has 0 bridgehead atoms. The molecule has 0 fully saturated rings. The van der Waals surface area contributed by atoms with Crippen LogP contribution in [-0.2, 0) is 9.59 Å². The van der Waals surface area contributed by atoms with Crippen molar-refractivity contribution in [2.24, 2.45) is 0 Å². The Labute approximate surface area is 247 Å². The van der Waals surface area contributed by atoms with Crippen molar-refractivity contribution in [3.8, 4) is 23.7 Å². The molecule has 0 aliphatic heterocycles. The second-order valence-electron chi connectivity index (χ2n) is 10.4. The van der Waals surface area contributed by atoms with E-state index in [1.165, 1.54) is 77.0 Å². The second kappa shape index (κ2) is 36.5. The second-order valence-corrected chi connectivity index (χ2v) is 10.4. The molecule has 40 heavy (non-hydrogen) atoms. The molecule has 0 atom stereocenters. The molecule has 0 rings (SSSR count). The summed E-state index contributed by atoms with van der Waals surface area (Å²) in [6.07, 6.45) is 33.9. The van der Waals surface area contributed by atoms with E-state index < -0.39 is 11.9 Å². The third-order valence-electron chi connectivity index (χ3n) is 6.36. The first-order valence-corrected chi connectivity index (χ1v) is 16.2. The lowest BCUT2D eigenvalue weighted by Gasteiger charge is -1.96. The third-order valence-corrected chi connectivity index (χ3v) is 6.36. The Bertz CT molecular complexity index is 678. The molecule has 0 aliphatic rings. The Balaban J connectivity index is 0. The van der Waals surface area contributed by atoms with Crippen LogP contribution in [0.15, 0.2) is 24.3 Å². The molecule has 4 nitrogen and oxygen atoms in total. The van der Waals surface area contributed by atoms with Gasteiger partial charge < -0.3 is 10.2 Å². The summed E-state index contributed by atoms with van der Waals surface area (Å²) < 4.78 is 0. The zero-order valence-electron chi connectivity index (χ0n) is 26.0. The molecule has 0 unspecified atom stereocenters. The molecule has 4 heteroatoms. The summed E-state index contributed by atoms with van der Waals surface area (Å²) in [5.41, 5.74) is 0. The zero-order valence-corrected chi connectivity index (χ0v) is 26.0. The smallest absolute Gasteiger partial charge is 0.303 e. The van der Waals surface area contributed by atoms with Crippen molar-refractivity contribution >= 4 is 11.9 Å². The standard InChI is InChI=1S/2C18H30O2/c2*1-2-3-4-5-6-7-8-9-10-11-12-13-14-15-16-17-18(19)20/h2*12-13H,2-8,11,14-17H2,1H3,(H,19,20). The van der Waals surface area contributed by atoms with Crippen LogP contribution in [0.4, 0.5) is 0 Å². The van der Waals surface area contributed by atoms with Crippen molar-refractivity contribution in [1.82, 2.24) is 0 Å². The van der Waals surface area contributed by atoms with Crippen LogP contribution in [0.25, 0.3) is 0 Å². The van der Waals surface area contributed by atoms with Gasteiger partial charge in [0.2, 0.25) is 0 Å². The fourth-order valence-electron chi connectivity index (χ4n) is 3.91. The molecule has 0 heterocycles. The Morgan fingerprint density at radius 3 is 1.23 bits per heavy atom. The van der Waals surface area contributed by atoms with Crippen LogP contribution < -0.4 is 0 Å². The van der Waals surface area contributed by atoms with Crippen molar-refractivity contribution in [3.05, 3.63) is 24.3 Å². The van der Waals surface area contributed by atoms with Crippen LogP contribution >= 0.6 is 0 Å². The van der Waals surface area contributed by atoms with Crippen LogP contribution in [0.3, 0.4) is 0 Å². The lowest BCUT2D eigenvalue weighted by Crippen LogP contribution is -1.92. The average molecular weight is 557 g/mol. The van der Waals surface area contributed by atoms with Gasteiger partial charge in [-0.25, -0.2) is 0 Å². The molecule has 228 valence electrons. The first kappa shape index (κ1) is 39.7. The minimum absolute atomic E-state index is 0.284. The zero-order chi connectivity index (χ0) is 29.8. The molecule has 0 aromatic carbocycles. The molecule has 0 saturated heterocycles. The quantitative estimate of drug-likeness (QED) is 0.0704. The highest BCUT2D eigenvalue weighted by molar-refractivity contribution is 5.66. The molecule has 0 saturated carbocycles. The number of rotatable bonds is 24. The van der Waals surface area contributed by atoms with Gasteiger partial charge in [0.15, 0.2) is 0 Å². The summed E-state index contributed by atoms with van der Waals surface area (Å²) in [4.78, 5) is 20.6. The van der Waals surface area contributed by atoms with Gasteiger partial charge in [0.25, 0.3) is 0 Å². The number of carboxylic acids is 2. The molecule has 0 aliphatic carbocycles. The summed E-state index contributed by atoms with van der Waals surface area (Å²) in [7, 11) is 0. The van der Waals surface area contributed by atoms with Crippen LogP contribution in [-0.4, -0.2) is 22.2 Å². The summed E-state index contributed by atoms with van der Waals surface area (Å²) in [6.45, 7) is 4.48. The molecule has 0 spiro atoms. The molecular weight excluding hydrogens is 496 g/mol. The molecule has 0 radical (unpaired) electrons. The van der Waals surface area contributed by atoms with Gasteiger partial charge in [0.05, 0.1) is 0 Å². The summed E-state index contributed by atoms with van der Waals surface area (Å²) in [6, 6.07) is 0. The van der Waals surface area contributed by atoms with Crippen LogP contribution in [0.5, 0.6) is 0 Å². The molecule has 0 amide bonds. The van der Waals surface area contributed by atoms with Gasteiger partial charge >= 0.3 is 11.9 Å². The number of hydrogen-bond donors (Lipinski definition) is 2. The topological polar surface area (TPSA) is 74.6 Å². The fraction of sp³-hybridized carbons (Fsp3) is 0.722. The van der Waals surface area contributed by atoms with E-state index in [2.05, 4.69) is 61.8 Å². The van der Waals surface area contributed by atoms with Crippen LogP contribution in [0.1, 0.15) is 168 Å². The first-order valence-electron chi connectivity index (χ1n) is 16.2. The monoisotopic (exact) mass is 556 g/mol. The number of hydrogen-bond acceptors (Lipinski definition) is 2. The number of unbranched alkanes of at least 4 members (excludes halogenated alkanes) is 16. The summed E-state index contributed by atoms with van der Waals surface area (Å²) in [5, 5.41) is 17.0. The fourth-order valence-corrected chi connectivity index (χ4v) is 3.91. The van der Waals surface area contributed by atoms with E-state index >= 15 is 0 Å². The SMILES string of the molecule is CCCCCCCCC#CCC=CCCCCC(=O)O.CCCCCCCCC#CCC=CCCCCC(=O)O. The van der Waals surface area contributed by atoms with Gasteiger partial charge in [-0.1, -0.05) is 114 Å². The highest BCUT2D eigenvalue weighted by atomic mass is 16.4. The van der Waals surface area contributed by atoms with Gasteiger partial charge in [0.1, 0.15) is 0 Å². The van der Waals surface area contributed by atoms with E-state index in [4.69, 9.17) is 10.2 Å². The van der Waals surface area contributed by atoms with Crippen LogP contribution in [0.2, 0.25) is 0 Å². The first-order chi connectivity index (χ1) is 19.5. The highest BCUT2D eigenvalue weighted by Gasteiger charge is 1.95. The maximum atomic E-state index is 10.3. The van der Waals surface area contributed by atoms with Crippen LogP contribution in [0, 0.1) is 23.7 Å². The Kier molecular flexibility index (Phi) is 36.2. The van der Waals surface area contributed by atoms with Crippen molar-refractivity contribution in [2.45, 2.75) is 168 Å². The van der Waals surface area contributed by atoms with Gasteiger partial charge in [-0.3, -0.25) is 9.59 Å². The van der Waals surface area contributed by atoms with Crippen molar-refractivity contribution in [2.75, 3.05) is 0 Å². The van der Waals surface area contributed by atoms with E-state index in [9.17, 15) is 9.59 Å². The van der Waals surface area contributed by atoms with E-state index in [1.54, 1.807) is 0 Å². The van der Waals surface area contributed by atoms with Crippen molar-refractivity contribution in [3.63, 3.8) is 0 Å². The normalized spacial score (nSPS) is 10.4. The van der Waals surface area contributed by atoms with Crippen molar-refractivity contribution < 1.29 is 19.8 Å². The molecule has 0 aromatic heterocycles.